The summed E-state index contributed by atoms with van der Waals surface area (Å²) in [5.74, 6) is -1.60. The molecule has 0 rings (SSSR count). The van der Waals surface area contributed by atoms with E-state index in [9.17, 15) is 43.5 Å². The Balaban J connectivity index is 4.44. The Morgan fingerprint density at radius 1 is 0.283 bits per heavy atom. The van der Waals surface area contributed by atoms with Crippen LogP contribution < -0.4 is 0 Å². The van der Waals surface area contributed by atoms with Gasteiger partial charge in [-0.2, -0.15) is 0 Å². The van der Waals surface area contributed by atoms with Crippen LogP contribution in [0.4, 0.5) is 0 Å². The zero-order valence-corrected chi connectivity index (χ0v) is 64.2. The van der Waals surface area contributed by atoms with E-state index in [4.69, 9.17) is 32.3 Å². The molecule has 0 fully saturated rings. The Morgan fingerprint density at radius 3 is 0.838 bits per heavy atom. The summed E-state index contributed by atoms with van der Waals surface area (Å²) >= 11 is 0. The van der Waals surface area contributed by atoms with E-state index in [1.807, 2.05) is 0 Å². The van der Waals surface area contributed by atoms with E-state index >= 15 is 0 Å². The SMILES string of the molecule is CCC/C=C\C/C=C\CCCCCCCC(=O)OC(COC(=O)CCCCCCCC/C=C\C/C=C\C/C=C\CCCCC)COP(=O)(O)OCC(O)COP(=O)(O)OCC(O)COC(=O)CCCCCCCCCCCCCCCCC/C=C\C/C=C\C/C=C\C/C=C\CCCCC. The fourth-order valence-electron chi connectivity index (χ4n) is 10.4. The fraction of sp³-hybridized carbons (Fsp3) is 0.741. The van der Waals surface area contributed by atoms with E-state index in [0.717, 1.165) is 148 Å². The Kier molecular flexibility index (Phi) is 71.1. The number of carbonyl (C=O) groups is 3. The quantitative estimate of drug-likeness (QED) is 0.0146. The van der Waals surface area contributed by atoms with Gasteiger partial charge in [0.1, 0.15) is 25.4 Å². The minimum Gasteiger partial charge on any atom is -0.463 e. The third kappa shape index (κ3) is 75.2. The van der Waals surface area contributed by atoms with Gasteiger partial charge >= 0.3 is 33.6 Å². The van der Waals surface area contributed by atoms with Crippen molar-refractivity contribution in [2.45, 2.75) is 347 Å². The first-order valence-corrected chi connectivity index (χ1v) is 42.2. The van der Waals surface area contributed by atoms with E-state index < -0.39 is 91.5 Å². The number of unbranched alkanes of at least 4 members (excludes halogenated alkanes) is 33. The lowest BCUT2D eigenvalue weighted by Gasteiger charge is -2.21. The first-order valence-electron chi connectivity index (χ1n) is 39.2. The van der Waals surface area contributed by atoms with E-state index in [2.05, 4.69) is 130 Å². The molecule has 0 radical (unpaired) electrons. The molecule has 0 aliphatic heterocycles. The molecule has 572 valence electrons. The molecule has 5 atom stereocenters. The van der Waals surface area contributed by atoms with Crippen molar-refractivity contribution in [1.29, 1.82) is 0 Å². The molecule has 0 saturated carbocycles. The average Bonchev–Trinajstić information content (AvgIpc) is 1.51. The van der Waals surface area contributed by atoms with Crippen molar-refractivity contribution >= 4 is 33.6 Å². The molecule has 0 heterocycles. The number of phosphoric ester groups is 2. The summed E-state index contributed by atoms with van der Waals surface area (Å²) in [5, 5.41) is 20.6. The Bertz CT molecular complexity index is 2240. The minimum absolute atomic E-state index is 0.0846. The van der Waals surface area contributed by atoms with Gasteiger partial charge < -0.3 is 34.2 Å². The third-order valence-electron chi connectivity index (χ3n) is 16.4. The molecule has 0 aromatic carbocycles. The highest BCUT2D eigenvalue weighted by molar-refractivity contribution is 7.47. The maximum absolute atomic E-state index is 12.9. The second-order valence-corrected chi connectivity index (χ2v) is 29.1. The van der Waals surface area contributed by atoms with Crippen LogP contribution in [-0.2, 0) is 55.8 Å². The molecular formula is C81H142O16P2. The van der Waals surface area contributed by atoms with Crippen molar-refractivity contribution in [2.75, 3.05) is 39.6 Å². The number of carbonyl (C=O) groups excluding carboxylic acids is 3. The van der Waals surface area contributed by atoms with Gasteiger partial charge in [0, 0.05) is 19.3 Å². The standard InChI is InChI=1S/C81H142O16P2/c1-4-7-10-13-16-19-22-25-27-29-31-32-33-34-35-36-37-38-39-40-41-42-44-46-47-50-52-55-58-61-64-67-79(84)91-70-76(82)71-93-98(87,88)94-72-77(83)73-95-99(89,90)96-75-78(97-81(86)69-66-63-60-57-54-49-24-21-18-15-12-9-6-3)74-92-80(85)68-65-62-59-56-53-51-48-45-43-30-28-26-23-20-17-14-11-8-5-2/h12,15-17,19-21,24-28,31-32,34-35,43,45,76-78,82-83H,4-11,13-14,18,22-23,29-30,33,36-42,44,46-75H2,1-3H3,(H,87,88)(H,89,90)/b15-12-,19-16-,20-17-,24-21-,27-25-,28-26-,32-31-,35-34-,45-43-. The smallest absolute Gasteiger partial charge is 0.463 e. The molecule has 0 spiro atoms. The molecule has 99 heavy (non-hydrogen) atoms. The number of rotatable bonds is 74. The second-order valence-electron chi connectivity index (χ2n) is 26.2. The van der Waals surface area contributed by atoms with E-state index in [-0.39, 0.29) is 19.3 Å². The highest BCUT2D eigenvalue weighted by Gasteiger charge is 2.29. The summed E-state index contributed by atoms with van der Waals surface area (Å²) < 4.78 is 61.0. The molecule has 16 nitrogen and oxygen atoms in total. The van der Waals surface area contributed by atoms with Gasteiger partial charge in [-0.05, 0) is 128 Å². The van der Waals surface area contributed by atoms with Crippen LogP contribution in [0.3, 0.4) is 0 Å². The largest absolute Gasteiger partial charge is 0.472 e. The lowest BCUT2D eigenvalue weighted by Crippen LogP contribution is -2.30. The number of hydrogen-bond donors (Lipinski definition) is 4. The maximum atomic E-state index is 12.9. The second kappa shape index (κ2) is 73.9. The number of allylic oxidation sites excluding steroid dienone is 18. The molecule has 0 saturated heterocycles. The summed E-state index contributed by atoms with van der Waals surface area (Å²) in [6.07, 6.45) is 85.8. The molecule has 0 aromatic rings. The van der Waals surface area contributed by atoms with Crippen molar-refractivity contribution in [3.8, 4) is 0 Å². The highest BCUT2D eigenvalue weighted by Crippen LogP contribution is 2.45. The van der Waals surface area contributed by atoms with Gasteiger partial charge in [-0.15, -0.1) is 0 Å². The van der Waals surface area contributed by atoms with Gasteiger partial charge in [0.2, 0.25) is 0 Å². The van der Waals surface area contributed by atoms with Gasteiger partial charge in [-0.25, -0.2) is 9.13 Å². The van der Waals surface area contributed by atoms with Crippen LogP contribution in [0.5, 0.6) is 0 Å². The van der Waals surface area contributed by atoms with Crippen LogP contribution in [-0.4, -0.2) is 95.9 Å². The van der Waals surface area contributed by atoms with Crippen molar-refractivity contribution in [3.63, 3.8) is 0 Å². The van der Waals surface area contributed by atoms with Crippen molar-refractivity contribution in [2.24, 2.45) is 0 Å². The molecule has 0 aromatic heterocycles. The summed E-state index contributed by atoms with van der Waals surface area (Å²) in [4.78, 5) is 58.5. The van der Waals surface area contributed by atoms with E-state index in [1.54, 1.807) is 0 Å². The van der Waals surface area contributed by atoms with E-state index in [0.29, 0.717) is 19.3 Å². The van der Waals surface area contributed by atoms with Crippen LogP contribution in [0.2, 0.25) is 0 Å². The summed E-state index contributed by atoms with van der Waals surface area (Å²) in [6.45, 7) is 2.54. The summed E-state index contributed by atoms with van der Waals surface area (Å²) in [6, 6.07) is 0. The van der Waals surface area contributed by atoms with Crippen LogP contribution in [0.25, 0.3) is 0 Å². The first-order chi connectivity index (χ1) is 48.2. The summed E-state index contributed by atoms with van der Waals surface area (Å²) in [5.41, 5.74) is 0. The highest BCUT2D eigenvalue weighted by atomic mass is 31.2. The van der Waals surface area contributed by atoms with Gasteiger partial charge in [0.25, 0.3) is 0 Å². The number of phosphoric acid groups is 2. The molecule has 0 amide bonds. The average molecular weight is 1430 g/mol. The number of hydrogen-bond acceptors (Lipinski definition) is 14. The Morgan fingerprint density at radius 2 is 0.525 bits per heavy atom. The molecule has 5 unspecified atom stereocenters. The zero-order valence-electron chi connectivity index (χ0n) is 62.4. The van der Waals surface area contributed by atoms with Crippen LogP contribution >= 0.6 is 15.6 Å². The monoisotopic (exact) mass is 1430 g/mol. The molecular weight excluding hydrogens is 1290 g/mol. The number of ether oxygens (including phenoxy) is 3. The number of aliphatic hydroxyl groups is 2. The number of aliphatic hydroxyl groups excluding tert-OH is 2. The van der Waals surface area contributed by atoms with Gasteiger partial charge in [-0.3, -0.25) is 32.5 Å². The number of esters is 3. The molecule has 0 bridgehead atoms. The van der Waals surface area contributed by atoms with Gasteiger partial charge in [0.05, 0.1) is 26.4 Å². The maximum Gasteiger partial charge on any atom is 0.472 e. The fourth-order valence-corrected chi connectivity index (χ4v) is 12.0. The Hall–Kier alpha value is -3.79. The molecule has 18 heteroatoms. The summed E-state index contributed by atoms with van der Waals surface area (Å²) in [7, 11) is -9.79. The van der Waals surface area contributed by atoms with Crippen molar-refractivity contribution in [1.82, 2.24) is 0 Å². The van der Waals surface area contributed by atoms with Gasteiger partial charge in [0.15, 0.2) is 6.10 Å². The van der Waals surface area contributed by atoms with Gasteiger partial charge in [-0.1, -0.05) is 291 Å². The molecule has 0 aliphatic rings. The van der Waals surface area contributed by atoms with Crippen LogP contribution in [0.1, 0.15) is 329 Å². The lowest BCUT2D eigenvalue weighted by molar-refractivity contribution is -0.161. The van der Waals surface area contributed by atoms with Crippen molar-refractivity contribution < 1.29 is 75.8 Å². The molecule has 4 N–H and O–H groups in total. The minimum atomic E-state index is -4.93. The predicted octanol–water partition coefficient (Wildman–Crippen LogP) is 22.8. The van der Waals surface area contributed by atoms with Crippen LogP contribution in [0, 0.1) is 0 Å². The first kappa shape index (κ1) is 95.2. The van der Waals surface area contributed by atoms with Crippen molar-refractivity contribution in [3.05, 3.63) is 109 Å². The topological polar surface area (TPSA) is 231 Å². The van der Waals surface area contributed by atoms with Crippen LogP contribution in [0.15, 0.2) is 109 Å². The lowest BCUT2D eigenvalue weighted by atomic mass is 10.0. The molecule has 0 aliphatic carbocycles. The Labute approximate surface area is 602 Å². The third-order valence-corrected chi connectivity index (χ3v) is 18.3. The normalized spacial score (nSPS) is 14.6. The predicted molar refractivity (Wildman–Crippen MR) is 408 cm³/mol. The zero-order chi connectivity index (χ0) is 72.3. The van der Waals surface area contributed by atoms with E-state index in [1.165, 1.54) is 122 Å².